The molecule has 1 fully saturated rings. The maximum Gasteiger partial charge on any atom is 0.238 e. The Labute approximate surface area is 232 Å². The molecule has 6 rings (SSSR count). The number of hydrogen-bond donors (Lipinski definition) is 1. The molecule has 4 aliphatic rings. The molecule has 7 heteroatoms. The van der Waals surface area contributed by atoms with Crippen LogP contribution in [0.1, 0.15) is 50.7 Å². The van der Waals surface area contributed by atoms with Crippen LogP contribution in [0.3, 0.4) is 0 Å². The molecule has 0 bridgehead atoms. The van der Waals surface area contributed by atoms with E-state index >= 15 is 0 Å². The molecule has 2 aromatic carbocycles. The first-order chi connectivity index (χ1) is 19.2. The predicted octanol–water partition coefficient (Wildman–Crippen LogP) is 4.99. The Morgan fingerprint density at radius 1 is 0.975 bits per heavy atom. The Morgan fingerprint density at radius 2 is 1.73 bits per heavy atom. The van der Waals surface area contributed by atoms with Crippen LogP contribution in [0.25, 0.3) is 0 Å². The lowest BCUT2D eigenvalue weighted by Crippen LogP contribution is -2.39. The highest BCUT2D eigenvalue weighted by atomic mass is 16.5. The van der Waals surface area contributed by atoms with Crippen molar-refractivity contribution in [3.63, 3.8) is 0 Å². The number of allylic oxidation sites excluding steroid dienone is 6. The number of hydrogen-bond acceptors (Lipinski definition) is 6. The van der Waals surface area contributed by atoms with E-state index in [0.717, 1.165) is 17.6 Å². The van der Waals surface area contributed by atoms with Crippen molar-refractivity contribution in [1.82, 2.24) is 0 Å². The van der Waals surface area contributed by atoms with E-state index in [1.54, 1.807) is 19.1 Å². The SMILES string of the molecule is CCOc1cc(C2C3=CCC4C(=O)N(c5ccc(CC)cc5)C(=O)C4C3CC3=C2C(=O)C(C)=CC3=O)ccc1O. The summed E-state index contributed by atoms with van der Waals surface area (Å²) < 4.78 is 5.64. The average Bonchev–Trinajstić information content (AvgIpc) is 3.21. The zero-order chi connectivity index (χ0) is 28.3. The Hall–Kier alpha value is -4.26. The third kappa shape index (κ3) is 3.86. The van der Waals surface area contributed by atoms with E-state index < -0.39 is 23.7 Å². The second-order valence-electron chi connectivity index (χ2n) is 10.9. The van der Waals surface area contributed by atoms with Crippen molar-refractivity contribution in [2.45, 2.75) is 46.0 Å². The highest BCUT2D eigenvalue weighted by Crippen LogP contribution is 2.55. The smallest absolute Gasteiger partial charge is 0.238 e. The maximum absolute atomic E-state index is 14.0. The number of nitrogens with zero attached hydrogens (tertiary/aromatic N) is 1. The largest absolute Gasteiger partial charge is 0.504 e. The first-order valence-corrected chi connectivity index (χ1v) is 13.9. The number of imide groups is 1. The normalized spacial score (nSPS) is 25.8. The van der Waals surface area contributed by atoms with Gasteiger partial charge in [0.25, 0.3) is 0 Å². The third-order valence-electron chi connectivity index (χ3n) is 8.78. The molecule has 1 aliphatic heterocycles. The number of Topliss-reactive ketones (excluding diaryl/α,β-unsaturated/α-hetero) is 1. The number of ether oxygens (including phenoxy) is 1. The maximum atomic E-state index is 14.0. The number of phenols is 1. The van der Waals surface area contributed by atoms with Crippen LogP contribution in [0.2, 0.25) is 0 Å². The van der Waals surface area contributed by atoms with Gasteiger partial charge in [-0.15, -0.1) is 0 Å². The zero-order valence-electron chi connectivity index (χ0n) is 22.8. The van der Waals surface area contributed by atoms with Crippen LogP contribution in [0.15, 0.2) is 76.9 Å². The van der Waals surface area contributed by atoms with Crippen LogP contribution in [-0.4, -0.2) is 35.1 Å². The van der Waals surface area contributed by atoms with Crippen LogP contribution >= 0.6 is 0 Å². The molecule has 0 spiro atoms. The molecule has 7 nitrogen and oxygen atoms in total. The molecule has 0 aromatic heterocycles. The van der Waals surface area contributed by atoms with E-state index in [1.807, 2.05) is 44.2 Å². The van der Waals surface area contributed by atoms with Gasteiger partial charge in [0.15, 0.2) is 23.1 Å². The van der Waals surface area contributed by atoms with Crippen LogP contribution in [0.5, 0.6) is 11.5 Å². The van der Waals surface area contributed by atoms with Gasteiger partial charge in [-0.2, -0.15) is 0 Å². The minimum absolute atomic E-state index is 0.0201. The Morgan fingerprint density at radius 3 is 2.42 bits per heavy atom. The van der Waals surface area contributed by atoms with Crippen molar-refractivity contribution < 1.29 is 29.0 Å². The fourth-order valence-electron chi connectivity index (χ4n) is 6.86. The molecule has 1 saturated heterocycles. The van der Waals surface area contributed by atoms with Gasteiger partial charge >= 0.3 is 0 Å². The van der Waals surface area contributed by atoms with Gasteiger partial charge in [-0.25, -0.2) is 0 Å². The van der Waals surface area contributed by atoms with Crippen LogP contribution in [0.4, 0.5) is 5.69 Å². The number of carbonyl (C=O) groups excluding carboxylic acids is 4. The molecule has 4 atom stereocenters. The summed E-state index contributed by atoms with van der Waals surface area (Å²) in [5.74, 6) is -2.81. The van der Waals surface area contributed by atoms with E-state index in [9.17, 15) is 24.3 Å². The van der Waals surface area contributed by atoms with E-state index in [2.05, 4.69) is 0 Å². The molecule has 1 heterocycles. The Bertz CT molecular complexity index is 1560. The topological polar surface area (TPSA) is 101 Å². The van der Waals surface area contributed by atoms with E-state index in [-0.39, 0.29) is 41.3 Å². The Balaban J connectivity index is 1.47. The highest BCUT2D eigenvalue weighted by molar-refractivity contribution is 6.25. The number of fused-ring (bicyclic) bond motifs is 3. The summed E-state index contributed by atoms with van der Waals surface area (Å²) in [6.07, 6.45) is 4.82. The van der Waals surface area contributed by atoms with Gasteiger partial charge in [0.1, 0.15) is 0 Å². The summed E-state index contributed by atoms with van der Waals surface area (Å²) in [7, 11) is 0. The predicted molar refractivity (Wildman–Crippen MR) is 149 cm³/mol. The molecule has 1 N–H and O–H groups in total. The van der Waals surface area contributed by atoms with E-state index in [1.165, 1.54) is 17.0 Å². The van der Waals surface area contributed by atoms with Crippen LogP contribution in [0, 0.1) is 17.8 Å². The van der Waals surface area contributed by atoms with Crippen molar-refractivity contribution in [1.29, 1.82) is 0 Å². The molecule has 204 valence electrons. The average molecular weight is 538 g/mol. The first-order valence-electron chi connectivity index (χ1n) is 13.9. The molecule has 0 radical (unpaired) electrons. The van der Waals surface area contributed by atoms with E-state index in [4.69, 9.17) is 4.74 Å². The molecule has 0 saturated carbocycles. The number of anilines is 1. The van der Waals surface area contributed by atoms with Gasteiger partial charge in [0.05, 0.1) is 24.1 Å². The number of benzene rings is 2. The van der Waals surface area contributed by atoms with Gasteiger partial charge in [-0.1, -0.05) is 36.8 Å². The fraction of sp³-hybridized carbons (Fsp3) is 0.333. The van der Waals surface area contributed by atoms with Crippen LogP contribution in [-0.2, 0) is 25.6 Å². The zero-order valence-corrected chi connectivity index (χ0v) is 22.8. The van der Waals surface area contributed by atoms with Crippen molar-refractivity contribution in [2.24, 2.45) is 17.8 Å². The fourth-order valence-corrected chi connectivity index (χ4v) is 6.86. The van der Waals surface area contributed by atoms with Crippen molar-refractivity contribution in [2.75, 3.05) is 11.5 Å². The Kier molecular flexibility index (Phi) is 6.32. The minimum atomic E-state index is -0.631. The number of aromatic hydroxyl groups is 1. The van der Waals surface area contributed by atoms with Gasteiger partial charge in [0.2, 0.25) is 11.8 Å². The van der Waals surface area contributed by atoms with Gasteiger partial charge in [-0.05, 0) is 80.5 Å². The second kappa shape index (κ2) is 9.73. The molecule has 2 amide bonds. The minimum Gasteiger partial charge on any atom is -0.504 e. The van der Waals surface area contributed by atoms with Crippen molar-refractivity contribution in [3.05, 3.63) is 88.0 Å². The molecule has 3 aliphatic carbocycles. The molecule has 4 unspecified atom stereocenters. The summed E-state index contributed by atoms with van der Waals surface area (Å²) >= 11 is 0. The number of rotatable bonds is 5. The number of amides is 2. The summed E-state index contributed by atoms with van der Waals surface area (Å²) in [6.45, 7) is 5.84. The monoisotopic (exact) mass is 537 g/mol. The lowest BCUT2D eigenvalue weighted by atomic mass is 9.59. The van der Waals surface area contributed by atoms with Crippen molar-refractivity contribution >= 4 is 29.1 Å². The summed E-state index contributed by atoms with van der Waals surface area (Å²) in [6, 6.07) is 12.4. The first kappa shape index (κ1) is 26.0. The standard InChI is InChI=1S/C33H31NO6/c1-4-18-6-9-20(10-7-18)34-32(38)22-12-11-21-23(29(22)33(34)39)16-24-26(36)14-17(3)31(37)30(24)28(21)19-8-13-25(35)27(15-19)40-5-2/h6-11,13-15,22-23,28-29,35H,4-5,12,16H2,1-3H3. The van der Waals surface area contributed by atoms with Gasteiger partial charge in [0, 0.05) is 22.6 Å². The molecular weight excluding hydrogens is 506 g/mol. The lowest BCUT2D eigenvalue weighted by Gasteiger charge is -2.42. The van der Waals surface area contributed by atoms with Gasteiger partial charge in [-0.3, -0.25) is 24.1 Å². The van der Waals surface area contributed by atoms with E-state index in [0.29, 0.717) is 41.0 Å². The summed E-state index contributed by atoms with van der Waals surface area (Å²) in [5, 5.41) is 10.4. The third-order valence-corrected chi connectivity index (χ3v) is 8.78. The highest BCUT2D eigenvalue weighted by Gasteiger charge is 2.56. The molecule has 40 heavy (non-hydrogen) atoms. The summed E-state index contributed by atoms with van der Waals surface area (Å²) in [4.78, 5) is 55.8. The number of aryl methyl sites for hydroxylation is 1. The van der Waals surface area contributed by atoms with Gasteiger partial charge < -0.3 is 9.84 Å². The summed E-state index contributed by atoms with van der Waals surface area (Å²) in [5.41, 5.74) is 4.43. The van der Waals surface area contributed by atoms with Crippen molar-refractivity contribution in [3.8, 4) is 11.5 Å². The quantitative estimate of drug-likeness (QED) is 0.328. The molecule has 2 aromatic rings. The second-order valence-corrected chi connectivity index (χ2v) is 10.9. The van der Waals surface area contributed by atoms with Crippen LogP contribution < -0.4 is 9.64 Å². The number of carbonyl (C=O) groups is 4. The lowest BCUT2D eigenvalue weighted by molar-refractivity contribution is -0.123. The number of phenolic OH excluding ortho intramolecular Hbond substituents is 1. The molecular formula is C33H31NO6. The number of ketones is 2.